The molecule has 2 aromatic heterocycles. The van der Waals surface area contributed by atoms with Crippen molar-refractivity contribution in [3.8, 4) is 0 Å². The molecule has 0 atom stereocenters. The molecular weight excluding hydrogens is 326 g/mol. The number of carbonyl (C=O) groups is 1. The number of amides is 1. The van der Waals surface area contributed by atoms with E-state index in [2.05, 4.69) is 20.6 Å². The van der Waals surface area contributed by atoms with Gasteiger partial charge in [0.15, 0.2) is 0 Å². The van der Waals surface area contributed by atoms with Crippen LogP contribution < -0.4 is 10.6 Å². The number of anilines is 2. The quantitative estimate of drug-likeness (QED) is 0.744. The highest BCUT2D eigenvalue weighted by Crippen LogP contribution is 2.19. The lowest BCUT2D eigenvalue weighted by molar-refractivity contribution is 0.102. The Balaban J connectivity index is 1.71. The molecule has 0 aliphatic heterocycles. The molecule has 0 aliphatic rings. The van der Waals surface area contributed by atoms with Crippen LogP contribution in [0.5, 0.6) is 0 Å². The van der Waals surface area contributed by atoms with E-state index >= 15 is 0 Å². The number of carbonyl (C=O) groups excluding carboxylic acids is 1. The molecule has 3 rings (SSSR count). The Hall–Kier alpha value is -3.35. The van der Waals surface area contributed by atoms with Crippen molar-refractivity contribution in [1.29, 1.82) is 0 Å². The highest BCUT2D eigenvalue weighted by molar-refractivity contribution is 6.04. The molecule has 0 spiro atoms. The van der Waals surface area contributed by atoms with Crippen LogP contribution in [0.15, 0.2) is 61.2 Å². The first kappa shape index (κ1) is 16.5. The predicted molar refractivity (Wildman–Crippen MR) is 90.1 cm³/mol. The molecule has 2 heterocycles. The Morgan fingerprint density at radius 1 is 1.00 bits per heavy atom. The van der Waals surface area contributed by atoms with E-state index in [0.717, 1.165) is 17.7 Å². The van der Waals surface area contributed by atoms with Gasteiger partial charge in [0.1, 0.15) is 17.3 Å². The van der Waals surface area contributed by atoms with Crippen molar-refractivity contribution >= 4 is 17.3 Å². The number of rotatable bonds is 5. The molecule has 2 N–H and O–H groups in total. The summed E-state index contributed by atoms with van der Waals surface area (Å²) in [4.78, 5) is 20.2. The fourth-order valence-electron chi connectivity index (χ4n) is 2.17. The van der Waals surface area contributed by atoms with E-state index in [1.807, 2.05) is 12.1 Å². The van der Waals surface area contributed by atoms with Gasteiger partial charge in [-0.25, -0.2) is 8.78 Å². The zero-order valence-corrected chi connectivity index (χ0v) is 13.0. The van der Waals surface area contributed by atoms with Crippen molar-refractivity contribution in [2.24, 2.45) is 0 Å². The lowest BCUT2D eigenvalue weighted by Crippen LogP contribution is -2.15. The zero-order valence-electron chi connectivity index (χ0n) is 13.0. The number of pyridine rings is 2. The minimum atomic E-state index is -0.841. The molecule has 1 aromatic carbocycles. The van der Waals surface area contributed by atoms with Gasteiger partial charge in [0.25, 0.3) is 5.91 Å². The minimum absolute atomic E-state index is 0.179. The van der Waals surface area contributed by atoms with E-state index < -0.39 is 23.2 Å². The highest BCUT2D eigenvalue weighted by Gasteiger charge is 2.14. The number of halogens is 2. The normalized spacial score (nSPS) is 10.3. The smallest absolute Gasteiger partial charge is 0.257 e. The summed E-state index contributed by atoms with van der Waals surface area (Å²) in [5.74, 6) is -2.33. The maximum absolute atomic E-state index is 13.6. The predicted octanol–water partition coefficient (Wildman–Crippen LogP) is 3.62. The largest absolute Gasteiger partial charge is 0.380 e. The van der Waals surface area contributed by atoms with E-state index in [0.29, 0.717) is 12.2 Å². The van der Waals surface area contributed by atoms with Crippen molar-refractivity contribution in [3.05, 3.63) is 83.9 Å². The SMILES string of the molecule is O=C(Nc1c(F)cccc1F)c1cncc(NCc2cccnc2)c1. The van der Waals surface area contributed by atoms with Gasteiger partial charge in [-0.2, -0.15) is 0 Å². The molecule has 0 fully saturated rings. The molecule has 5 nitrogen and oxygen atoms in total. The van der Waals surface area contributed by atoms with E-state index in [1.54, 1.807) is 24.7 Å². The zero-order chi connectivity index (χ0) is 17.6. The van der Waals surface area contributed by atoms with Crippen LogP contribution in [-0.2, 0) is 6.54 Å². The Labute approximate surface area is 142 Å². The van der Waals surface area contributed by atoms with E-state index in [9.17, 15) is 13.6 Å². The third-order valence-electron chi connectivity index (χ3n) is 3.42. The lowest BCUT2D eigenvalue weighted by atomic mass is 10.2. The van der Waals surface area contributed by atoms with Gasteiger partial charge >= 0.3 is 0 Å². The van der Waals surface area contributed by atoms with Crippen LogP contribution in [0.4, 0.5) is 20.2 Å². The average Bonchev–Trinajstić information content (AvgIpc) is 2.64. The maximum atomic E-state index is 13.6. The van der Waals surface area contributed by atoms with Gasteiger partial charge in [-0.15, -0.1) is 0 Å². The summed E-state index contributed by atoms with van der Waals surface area (Å²) in [5.41, 5.74) is 1.26. The number of aromatic nitrogens is 2. The Bertz CT molecular complexity index is 867. The van der Waals surface area contributed by atoms with Crippen LogP contribution in [0, 0.1) is 11.6 Å². The van der Waals surface area contributed by atoms with E-state index in [1.165, 1.54) is 12.3 Å². The molecule has 0 bridgehead atoms. The number of nitrogens with one attached hydrogen (secondary N) is 2. The molecule has 7 heteroatoms. The van der Waals surface area contributed by atoms with Gasteiger partial charge in [-0.05, 0) is 29.8 Å². The van der Waals surface area contributed by atoms with Gasteiger partial charge in [-0.3, -0.25) is 14.8 Å². The molecular formula is C18H14F2N4O. The van der Waals surface area contributed by atoms with Crippen molar-refractivity contribution in [2.75, 3.05) is 10.6 Å². The monoisotopic (exact) mass is 340 g/mol. The highest BCUT2D eigenvalue weighted by atomic mass is 19.1. The molecule has 3 aromatic rings. The Kier molecular flexibility index (Phi) is 4.94. The van der Waals surface area contributed by atoms with Gasteiger partial charge in [0.05, 0.1) is 11.3 Å². The molecule has 126 valence electrons. The molecule has 1 amide bonds. The van der Waals surface area contributed by atoms with Gasteiger partial charge in [0.2, 0.25) is 0 Å². The summed E-state index contributed by atoms with van der Waals surface area (Å²) in [6.45, 7) is 0.503. The summed E-state index contributed by atoms with van der Waals surface area (Å²) in [6, 6.07) is 8.65. The van der Waals surface area contributed by atoms with Crippen LogP contribution in [0.1, 0.15) is 15.9 Å². The number of nitrogens with zero attached hydrogens (tertiary/aromatic N) is 2. The summed E-state index contributed by atoms with van der Waals surface area (Å²) >= 11 is 0. The average molecular weight is 340 g/mol. The van der Waals surface area contributed by atoms with E-state index in [-0.39, 0.29) is 5.56 Å². The molecule has 0 saturated carbocycles. The third-order valence-corrected chi connectivity index (χ3v) is 3.42. The number of hydrogen-bond acceptors (Lipinski definition) is 4. The maximum Gasteiger partial charge on any atom is 0.257 e. The second-order valence-electron chi connectivity index (χ2n) is 5.23. The summed E-state index contributed by atoms with van der Waals surface area (Å²) in [5, 5.41) is 5.34. The van der Waals surface area contributed by atoms with Gasteiger partial charge < -0.3 is 10.6 Å². The molecule has 0 unspecified atom stereocenters. The fourth-order valence-corrected chi connectivity index (χ4v) is 2.17. The van der Waals surface area contributed by atoms with Crippen LogP contribution in [0.25, 0.3) is 0 Å². The van der Waals surface area contributed by atoms with Crippen LogP contribution >= 0.6 is 0 Å². The van der Waals surface area contributed by atoms with Crippen LogP contribution in [0.3, 0.4) is 0 Å². The van der Waals surface area contributed by atoms with Crippen LogP contribution in [-0.4, -0.2) is 15.9 Å². The minimum Gasteiger partial charge on any atom is -0.380 e. The van der Waals surface area contributed by atoms with Crippen molar-refractivity contribution in [3.63, 3.8) is 0 Å². The third kappa shape index (κ3) is 4.14. The van der Waals surface area contributed by atoms with Crippen molar-refractivity contribution in [1.82, 2.24) is 9.97 Å². The molecule has 25 heavy (non-hydrogen) atoms. The van der Waals surface area contributed by atoms with E-state index in [4.69, 9.17) is 0 Å². The van der Waals surface area contributed by atoms with Crippen molar-refractivity contribution < 1.29 is 13.6 Å². The van der Waals surface area contributed by atoms with Gasteiger partial charge in [-0.1, -0.05) is 12.1 Å². The number of benzene rings is 1. The second kappa shape index (κ2) is 7.48. The van der Waals surface area contributed by atoms with Gasteiger partial charge in [0, 0.05) is 31.3 Å². The number of para-hydroxylation sites is 1. The molecule has 0 saturated heterocycles. The van der Waals surface area contributed by atoms with Crippen LogP contribution in [0.2, 0.25) is 0 Å². The summed E-state index contributed by atoms with van der Waals surface area (Å²) in [7, 11) is 0. The first-order valence-electron chi connectivity index (χ1n) is 7.46. The standard InChI is InChI=1S/C18H14F2N4O/c19-15-4-1-5-16(20)17(15)24-18(25)13-7-14(11-22-10-13)23-9-12-3-2-6-21-8-12/h1-8,10-11,23H,9H2,(H,24,25). The fraction of sp³-hybridized carbons (Fsp3) is 0.0556. The molecule has 0 radical (unpaired) electrons. The number of hydrogen-bond donors (Lipinski definition) is 2. The van der Waals surface area contributed by atoms with Crippen molar-refractivity contribution in [2.45, 2.75) is 6.54 Å². The Morgan fingerprint density at radius 3 is 2.52 bits per heavy atom. The molecule has 0 aliphatic carbocycles. The lowest BCUT2D eigenvalue weighted by Gasteiger charge is -2.09. The second-order valence-corrected chi connectivity index (χ2v) is 5.23. The topological polar surface area (TPSA) is 66.9 Å². The first-order valence-corrected chi connectivity index (χ1v) is 7.46. The summed E-state index contributed by atoms with van der Waals surface area (Å²) in [6.07, 6.45) is 6.27. The first-order chi connectivity index (χ1) is 12.1. The summed E-state index contributed by atoms with van der Waals surface area (Å²) < 4.78 is 27.3. The Morgan fingerprint density at radius 2 is 1.80 bits per heavy atom.